The molecule has 0 amide bonds. The third-order valence-corrected chi connectivity index (χ3v) is 3.35. The summed E-state index contributed by atoms with van der Waals surface area (Å²) >= 11 is 0. The number of aryl methyl sites for hydroxylation is 1. The number of carbonyl (C=O) groups excluding carboxylic acids is 1. The third kappa shape index (κ3) is 5.09. The number of rotatable bonds is 5. The molecule has 0 unspecified atom stereocenters. The molecule has 0 aliphatic carbocycles. The second-order valence-corrected chi connectivity index (χ2v) is 5.08. The van der Waals surface area contributed by atoms with E-state index >= 15 is 0 Å². The quantitative estimate of drug-likeness (QED) is 0.774. The number of ether oxygens (including phenoxy) is 2. The van der Waals surface area contributed by atoms with E-state index in [1.807, 2.05) is 6.08 Å². The van der Waals surface area contributed by atoms with Crippen LogP contribution in [-0.4, -0.2) is 18.7 Å². The molecule has 0 saturated heterocycles. The molecule has 2 rings (SSSR count). The van der Waals surface area contributed by atoms with Gasteiger partial charge in [0.1, 0.15) is 12.7 Å². The summed E-state index contributed by atoms with van der Waals surface area (Å²) in [6.07, 6.45) is 1.24. The summed E-state index contributed by atoms with van der Waals surface area (Å²) in [6, 6.07) is 4.79. The van der Waals surface area contributed by atoms with Crippen molar-refractivity contribution in [1.29, 1.82) is 0 Å². The van der Waals surface area contributed by atoms with E-state index in [0.29, 0.717) is 12.0 Å². The summed E-state index contributed by atoms with van der Waals surface area (Å²) in [6.45, 7) is 0.205. The summed E-state index contributed by atoms with van der Waals surface area (Å²) in [7, 11) is 0. The highest BCUT2D eigenvalue weighted by atomic mass is 19.4. The smallest absolute Gasteiger partial charge is 0.416 e. The maximum absolute atomic E-state index is 12.4. The summed E-state index contributed by atoms with van der Waals surface area (Å²) in [5, 5.41) is 0. The molecule has 6 heteroatoms. The zero-order chi connectivity index (χ0) is 16.0. The minimum absolute atomic E-state index is 0.111. The average Bonchev–Trinajstić information content (AvgIpc) is 2.51. The molecule has 1 aromatic carbocycles. The number of hydrogen-bond acceptors (Lipinski definition) is 3. The minimum Gasteiger partial charge on any atom is -0.495 e. The summed E-state index contributed by atoms with van der Waals surface area (Å²) in [5.41, 5.74) is -0.0249. The van der Waals surface area contributed by atoms with Gasteiger partial charge in [-0.05, 0) is 43.0 Å². The summed E-state index contributed by atoms with van der Waals surface area (Å²) in [4.78, 5) is 11.6. The highest BCUT2D eigenvalue weighted by molar-refractivity contribution is 5.69. The van der Waals surface area contributed by atoms with Crippen molar-refractivity contribution < 1.29 is 27.4 Å². The topological polar surface area (TPSA) is 35.5 Å². The Morgan fingerprint density at radius 3 is 2.59 bits per heavy atom. The Hall–Kier alpha value is -1.98. The standard InChI is InChI=1S/C16H17F3O3/c17-16(18,19)13-7-4-12(5-8-13)6-9-15(20)22-11-14-3-1-2-10-21-14/h2,4-5,7-8,10,14H,1,3,6,9,11H2/t14-/m0/s1. The average molecular weight is 314 g/mol. The molecule has 1 aromatic rings. The van der Waals surface area contributed by atoms with Crippen LogP contribution in [0.1, 0.15) is 30.4 Å². The monoisotopic (exact) mass is 314 g/mol. The van der Waals surface area contributed by atoms with Gasteiger partial charge in [0, 0.05) is 6.42 Å². The Balaban J connectivity index is 1.72. The van der Waals surface area contributed by atoms with Crippen molar-refractivity contribution in [3.05, 3.63) is 47.7 Å². The lowest BCUT2D eigenvalue weighted by Gasteiger charge is -2.18. The lowest BCUT2D eigenvalue weighted by atomic mass is 10.1. The first kappa shape index (κ1) is 16.4. The maximum atomic E-state index is 12.4. The SMILES string of the molecule is O=C(CCc1ccc(C(F)(F)F)cc1)OC[C@@H]1CCC=CO1. The molecular weight excluding hydrogens is 297 g/mol. The van der Waals surface area contributed by atoms with Crippen LogP contribution in [0.2, 0.25) is 0 Å². The first-order valence-corrected chi connectivity index (χ1v) is 7.07. The van der Waals surface area contributed by atoms with E-state index in [2.05, 4.69) is 0 Å². The van der Waals surface area contributed by atoms with Gasteiger partial charge in [-0.3, -0.25) is 4.79 Å². The fourth-order valence-electron chi connectivity index (χ4n) is 2.07. The van der Waals surface area contributed by atoms with Crippen LogP contribution >= 0.6 is 0 Å². The predicted octanol–water partition coefficient (Wildman–Crippen LogP) is 3.87. The first-order chi connectivity index (χ1) is 10.4. The highest BCUT2D eigenvalue weighted by Gasteiger charge is 2.29. The Kier molecular flexibility index (Phi) is 5.46. The molecule has 0 radical (unpaired) electrons. The number of alkyl halides is 3. The molecule has 0 bridgehead atoms. The second kappa shape index (κ2) is 7.33. The van der Waals surface area contributed by atoms with Gasteiger partial charge in [0.15, 0.2) is 0 Å². The van der Waals surface area contributed by atoms with Gasteiger partial charge < -0.3 is 9.47 Å². The van der Waals surface area contributed by atoms with Gasteiger partial charge in [-0.2, -0.15) is 13.2 Å². The number of carbonyl (C=O) groups is 1. The molecule has 1 atom stereocenters. The molecule has 0 fully saturated rings. The summed E-state index contributed by atoms with van der Waals surface area (Å²) in [5.74, 6) is -0.377. The molecule has 0 aromatic heterocycles. The lowest BCUT2D eigenvalue weighted by molar-refractivity contribution is -0.147. The van der Waals surface area contributed by atoms with E-state index < -0.39 is 11.7 Å². The Bertz CT molecular complexity index is 520. The molecule has 22 heavy (non-hydrogen) atoms. The van der Waals surface area contributed by atoms with Crippen molar-refractivity contribution in [3.63, 3.8) is 0 Å². The fraction of sp³-hybridized carbons (Fsp3) is 0.438. The van der Waals surface area contributed by atoms with Crippen molar-refractivity contribution in [2.24, 2.45) is 0 Å². The largest absolute Gasteiger partial charge is 0.495 e. The van der Waals surface area contributed by atoms with E-state index in [1.54, 1.807) is 6.26 Å². The van der Waals surface area contributed by atoms with Crippen LogP contribution in [0.25, 0.3) is 0 Å². The fourth-order valence-corrected chi connectivity index (χ4v) is 2.07. The zero-order valence-corrected chi connectivity index (χ0v) is 11.9. The number of hydrogen-bond donors (Lipinski definition) is 0. The Labute approximate surface area is 126 Å². The van der Waals surface area contributed by atoms with Gasteiger partial charge in [0.25, 0.3) is 0 Å². The van der Waals surface area contributed by atoms with E-state index in [4.69, 9.17) is 9.47 Å². The number of halogens is 3. The van der Waals surface area contributed by atoms with Crippen LogP contribution in [0.4, 0.5) is 13.2 Å². The van der Waals surface area contributed by atoms with E-state index in [1.165, 1.54) is 12.1 Å². The number of allylic oxidation sites excluding steroid dienone is 1. The van der Waals surface area contributed by atoms with E-state index in [9.17, 15) is 18.0 Å². The predicted molar refractivity (Wildman–Crippen MR) is 74.0 cm³/mol. The molecule has 3 nitrogen and oxygen atoms in total. The van der Waals surface area contributed by atoms with Crippen molar-refractivity contribution in [3.8, 4) is 0 Å². The molecule has 1 heterocycles. The molecule has 1 aliphatic heterocycles. The molecule has 1 aliphatic rings. The van der Waals surface area contributed by atoms with Crippen LogP contribution in [0.15, 0.2) is 36.6 Å². The minimum atomic E-state index is -4.34. The van der Waals surface area contributed by atoms with Gasteiger partial charge in [0.05, 0.1) is 11.8 Å². The molecule has 120 valence electrons. The van der Waals surface area contributed by atoms with E-state index in [0.717, 1.165) is 25.0 Å². The zero-order valence-electron chi connectivity index (χ0n) is 11.9. The molecule has 0 spiro atoms. The normalized spacial score (nSPS) is 17.9. The van der Waals surface area contributed by atoms with Gasteiger partial charge in [-0.25, -0.2) is 0 Å². The van der Waals surface area contributed by atoms with Gasteiger partial charge in [-0.15, -0.1) is 0 Å². The molecular formula is C16H17F3O3. The van der Waals surface area contributed by atoms with Crippen molar-refractivity contribution in [1.82, 2.24) is 0 Å². The highest BCUT2D eigenvalue weighted by Crippen LogP contribution is 2.29. The maximum Gasteiger partial charge on any atom is 0.416 e. The Morgan fingerprint density at radius 2 is 2.00 bits per heavy atom. The van der Waals surface area contributed by atoms with Gasteiger partial charge in [-0.1, -0.05) is 12.1 Å². The van der Waals surface area contributed by atoms with Crippen LogP contribution in [-0.2, 0) is 26.9 Å². The van der Waals surface area contributed by atoms with Crippen molar-refractivity contribution in [2.45, 2.75) is 38.0 Å². The van der Waals surface area contributed by atoms with Crippen LogP contribution < -0.4 is 0 Å². The van der Waals surface area contributed by atoms with Gasteiger partial charge >= 0.3 is 12.1 Å². The summed E-state index contributed by atoms with van der Waals surface area (Å²) < 4.78 is 47.6. The molecule has 0 N–H and O–H groups in total. The Morgan fingerprint density at radius 1 is 1.27 bits per heavy atom. The van der Waals surface area contributed by atoms with Crippen molar-refractivity contribution in [2.75, 3.05) is 6.61 Å². The second-order valence-electron chi connectivity index (χ2n) is 5.08. The first-order valence-electron chi connectivity index (χ1n) is 7.07. The van der Waals surface area contributed by atoms with Gasteiger partial charge in [0.2, 0.25) is 0 Å². The number of benzene rings is 1. The van der Waals surface area contributed by atoms with Crippen LogP contribution in [0, 0.1) is 0 Å². The lowest BCUT2D eigenvalue weighted by Crippen LogP contribution is -2.22. The van der Waals surface area contributed by atoms with E-state index in [-0.39, 0.29) is 25.1 Å². The molecule has 0 saturated carbocycles. The van der Waals surface area contributed by atoms with Crippen molar-refractivity contribution >= 4 is 5.97 Å². The number of esters is 1. The third-order valence-electron chi connectivity index (χ3n) is 3.35. The van der Waals surface area contributed by atoms with Crippen LogP contribution in [0.5, 0.6) is 0 Å². The van der Waals surface area contributed by atoms with Crippen LogP contribution in [0.3, 0.4) is 0 Å².